The highest BCUT2D eigenvalue weighted by molar-refractivity contribution is 8.00. The Labute approximate surface area is 159 Å². The molecule has 2 amide bonds. The van der Waals surface area contributed by atoms with E-state index in [1.165, 1.54) is 11.8 Å². The third-order valence-electron chi connectivity index (χ3n) is 3.99. The van der Waals surface area contributed by atoms with Crippen molar-refractivity contribution in [3.63, 3.8) is 0 Å². The Morgan fingerprint density at radius 1 is 0.962 bits per heavy atom. The van der Waals surface area contributed by atoms with Crippen LogP contribution in [0.3, 0.4) is 0 Å². The molecular formula is C21H26N2O2S. The molecule has 0 unspecified atom stereocenters. The fourth-order valence-electron chi connectivity index (χ4n) is 2.56. The third-order valence-corrected chi connectivity index (χ3v) is 4.98. The van der Waals surface area contributed by atoms with Crippen molar-refractivity contribution in [3.05, 3.63) is 53.6 Å². The van der Waals surface area contributed by atoms with E-state index >= 15 is 0 Å². The first kappa shape index (κ1) is 20.0. The Kier molecular flexibility index (Phi) is 7.73. The monoisotopic (exact) mass is 370 g/mol. The maximum atomic E-state index is 12.3. The number of nitrogens with one attached hydrogen (secondary N) is 2. The zero-order valence-electron chi connectivity index (χ0n) is 15.6. The van der Waals surface area contributed by atoms with Gasteiger partial charge in [-0.2, -0.15) is 0 Å². The third kappa shape index (κ3) is 6.23. The van der Waals surface area contributed by atoms with Crippen LogP contribution in [0.2, 0.25) is 0 Å². The summed E-state index contributed by atoms with van der Waals surface area (Å²) in [5.41, 5.74) is 3.77. The van der Waals surface area contributed by atoms with Crippen LogP contribution in [0, 0.1) is 13.8 Å². The minimum Gasteiger partial charge on any atom is -0.326 e. The molecule has 0 atom stereocenters. The van der Waals surface area contributed by atoms with E-state index in [1.54, 1.807) is 0 Å². The van der Waals surface area contributed by atoms with E-state index in [-0.39, 0.29) is 11.8 Å². The quantitative estimate of drug-likeness (QED) is 0.631. The van der Waals surface area contributed by atoms with Crippen molar-refractivity contribution < 1.29 is 9.59 Å². The second-order valence-electron chi connectivity index (χ2n) is 6.28. The van der Waals surface area contributed by atoms with Gasteiger partial charge in [-0.25, -0.2) is 0 Å². The first-order valence-electron chi connectivity index (χ1n) is 8.88. The lowest BCUT2D eigenvalue weighted by Gasteiger charge is -2.11. The summed E-state index contributed by atoms with van der Waals surface area (Å²) >= 11 is 1.46. The van der Waals surface area contributed by atoms with Crippen LogP contribution >= 0.6 is 11.8 Å². The normalized spacial score (nSPS) is 10.4. The fraction of sp³-hybridized carbons (Fsp3) is 0.333. The highest BCUT2D eigenvalue weighted by Gasteiger charge is 2.08. The molecule has 4 nitrogen and oxygen atoms in total. The number of aryl methyl sites for hydroxylation is 2. The Morgan fingerprint density at radius 2 is 1.65 bits per heavy atom. The molecule has 0 bridgehead atoms. The van der Waals surface area contributed by atoms with Gasteiger partial charge in [-0.15, -0.1) is 11.8 Å². The molecule has 0 saturated heterocycles. The molecule has 5 heteroatoms. The van der Waals surface area contributed by atoms with E-state index in [9.17, 15) is 9.59 Å². The van der Waals surface area contributed by atoms with Crippen molar-refractivity contribution >= 4 is 35.0 Å². The summed E-state index contributed by atoms with van der Waals surface area (Å²) in [4.78, 5) is 25.1. The van der Waals surface area contributed by atoms with Crippen molar-refractivity contribution in [1.82, 2.24) is 0 Å². The molecule has 2 aromatic rings. The molecule has 0 spiro atoms. The molecule has 0 aliphatic rings. The molecule has 0 aliphatic heterocycles. The van der Waals surface area contributed by atoms with Crippen molar-refractivity contribution in [2.24, 2.45) is 0 Å². The molecule has 138 valence electrons. The second-order valence-corrected chi connectivity index (χ2v) is 7.33. The van der Waals surface area contributed by atoms with Crippen LogP contribution in [0.4, 0.5) is 11.4 Å². The topological polar surface area (TPSA) is 58.2 Å². The minimum atomic E-state index is -0.0372. The molecule has 2 aromatic carbocycles. The molecule has 0 heterocycles. The molecular weight excluding hydrogens is 344 g/mol. The number of carbonyl (C=O) groups is 2. The van der Waals surface area contributed by atoms with Crippen LogP contribution in [0.1, 0.15) is 37.3 Å². The van der Waals surface area contributed by atoms with Crippen LogP contribution in [-0.4, -0.2) is 17.6 Å². The van der Waals surface area contributed by atoms with Gasteiger partial charge in [0.25, 0.3) is 0 Å². The van der Waals surface area contributed by atoms with E-state index in [0.717, 1.165) is 40.2 Å². The number of hydrogen-bond donors (Lipinski definition) is 2. The molecule has 0 radical (unpaired) electrons. The van der Waals surface area contributed by atoms with Gasteiger partial charge in [-0.05, 0) is 49.6 Å². The first-order valence-corrected chi connectivity index (χ1v) is 9.87. The lowest BCUT2D eigenvalue weighted by Crippen LogP contribution is -2.15. The average Bonchev–Trinajstić information content (AvgIpc) is 2.62. The summed E-state index contributed by atoms with van der Waals surface area (Å²) in [6.45, 7) is 6.04. The first-order chi connectivity index (χ1) is 12.5. The van der Waals surface area contributed by atoms with E-state index in [4.69, 9.17) is 0 Å². The number of anilines is 2. The van der Waals surface area contributed by atoms with Gasteiger partial charge in [0.05, 0.1) is 5.75 Å². The average molecular weight is 371 g/mol. The predicted octanol–water partition coefficient (Wildman–Crippen LogP) is 5.16. The molecule has 26 heavy (non-hydrogen) atoms. The predicted molar refractivity (Wildman–Crippen MR) is 110 cm³/mol. The van der Waals surface area contributed by atoms with Crippen LogP contribution < -0.4 is 10.6 Å². The molecule has 2 N–H and O–H groups in total. The highest BCUT2D eigenvalue weighted by Crippen LogP contribution is 2.23. The Balaban J connectivity index is 1.90. The Hall–Kier alpha value is -2.27. The van der Waals surface area contributed by atoms with Crippen LogP contribution in [0.25, 0.3) is 0 Å². The molecule has 2 rings (SSSR count). The molecule has 0 aromatic heterocycles. The van der Waals surface area contributed by atoms with Crippen molar-refractivity contribution in [2.45, 2.75) is 44.9 Å². The lowest BCUT2D eigenvalue weighted by molar-refractivity contribution is -0.116. The standard InChI is InChI=1S/C21H26N2O2S/c1-4-5-12-19(24)22-17-10-7-11-18(13-17)26-14-20(25)23-21-15(2)8-6-9-16(21)3/h6-11,13H,4-5,12,14H2,1-3H3,(H,22,24)(H,23,25). The van der Waals surface area contributed by atoms with Crippen molar-refractivity contribution in [1.29, 1.82) is 0 Å². The smallest absolute Gasteiger partial charge is 0.234 e. The maximum absolute atomic E-state index is 12.3. The summed E-state index contributed by atoms with van der Waals surface area (Å²) in [5.74, 6) is 0.313. The van der Waals surface area contributed by atoms with Gasteiger partial charge >= 0.3 is 0 Å². The summed E-state index contributed by atoms with van der Waals surface area (Å²) < 4.78 is 0. The molecule has 0 fully saturated rings. The van der Waals surface area contributed by atoms with Gasteiger partial charge in [-0.3, -0.25) is 9.59 Å². The maximum Gasteiger partial charge on any atom is 0.234 e. The molecule has 0 saturated carbocycles. The van der Waals surface area contributed by atoms with E-state index in [1.807, 2.05) is 56.3 Å². The molecule has 0 aliphatic carbocycles. The van der Waals surface area contributed by atoms with Crippen LogP contribution in [0.5, 0.6) is 0 Å². The Bertz CT molecular complexity index is 754. The number of benzene rings is 2. The number of unbranched alkanes of at least 4 members (excludes halogenated alkanes) is 1. The van der Waals surface area contributed by atoms with Gasteiger partial charge in [-0.1, -0.05) is 37.6 Å². The van der Waals surface area contributed by atoms with Crippen LogP contribution in [0.15, 0.2) is 47.4 Å². The minimum absolute atomic E-state index is 0.0294. The van der Waals surface area contributed by atoms with Gasteiger partial charge < -0.3 is 10.6 Å². The number of para-hydroxylation sites is 1. The van der Waals surface area contributed by atoms with Gasteiger partial charge in [0.2, 0.25) is 11.8 Å². The number of carbonyl (C=O) groups excluding carboxylic acids is 2. The summed E-state index contributed by atoms with van der Waals surface area (Å²) in [7, 11) is 0. The van der Waals surface area contributed by atoms with Crippen molar-refractivity contribution in [3.8, 4) is 0 Å². The lowest BCUT2D eigenvalue weighted by atomic mass is 10.1. The summed E-state index contributed by atoms with van der Waals surface area (Å²) in [5, 5.41) is 5.90. The zero-order chi connectivity index (χ0) is 18.9. The fourth-order valence-corrected chi connectivity index (χ4v) is 3.32. The van der Waals surface area contributed by atoms with Gasteiger partial charge in [0.15, 0.2) is 0 Å². The van der Waals surface area contributed by atoms with Gasteiger partial charge in [0.1, 0.15) is 0 Å². The number of amides is 2. The largest absolute Gasteiger partial charge is 0.326 e. The van der Waals surface area contributed by atoms with E-state index in [2.05, 4.69) is 17.6 Å². The zero-order valence-corrected chi connectivity index (χ0v) is 16.4. The van der Waals surface area contributed by atoms with Crippen LogP contribution in [-0.2, 0) is 9.59 Å². The summed E-state index contributed by atoms with van der Waals surface area (Å²) in [6, 6.07) is 13.6. The number of hydrogen-bond acceptors (Lipinski definition) is 3. The number of thioether (sulfide) groups is 1. The highest BCUT2D eigenvalue weighted by atomic mass is 32.2. The van der Waals surface area contributed by atoms with E-state index < -0.39 is 0 Å². The van der Waals surface area contributed by atoms with Gasteiger partial charge in [0, 0.05) is 22.7 Å². The SMILES string of the molecule is CCCCC(=O)Nc1cccc(SCC(=O)Nc2c(C)cccc2C)c1. The second kappa shape index (κ2) is 10.0. The van der Waals surface area contributed by atoms with E-state index in [0.29, 0.717) is 12.2 Å². The summed E-state index contributed by atoms with van der Waals surface area (Å²) in [6.07, 6.45) is 2.42. The number of rotatable bonds is 8. The Morgan fingerprint density at radius 3 is 2.35 bits per heavy atom. The van der Waals surface area contributed by atoms with Crippen molar-refractivity contribution in [2.75, 3.05) is 16.4 Å².